The van der Waals surface area contributed by atoms with Crippen molar-refractivity contribution in [3.05, 3.63) is 11.6 Å². The van der Waals surface area contributed by atoms with E-state index in [-0.39, 0.29) is 5.92 Å². The van der Waals surface area contributed by atoms with E-state index in [0.717, 1.165) is 5.56 Å². The predicted molar refractivity (Wildman–Crippen MR) is 66.7 cm³/mol. The van der Waals surface area contributed by atoms with Crippen molar-refractivity contribution in [2.75, 3.05) is 28.4 Å². The molecule has 1 rings (SSSR count). The summed E-state index contributed by atoms with van der Waals surface area (Å²) >= 11 is 0. The highest BCUT2D eigenvalue weighted by Crippen LogP contribution is 2.47. The van der Waals surface area contributed by atoms with Crippen molar-refractivity contribution in [3.63, 3.8) is 0 Å². The van der Waals surface area contributed by atoms with Gasteiger partial charge in [-0.1, -0.05) is 13.8 Å². The van der Waals surface area contributed by atoms with Gasteiger partial charge in [0.05, 0.1) is 28.4 Å². The molecule has 0 saturated heterocycles. The molecule has 4 heteroatoms. The molecule has 0 radical (unpaired) electrons. The molecule has 0 aliphatic rings. The summed E-state index contributed by atoms with van der Waals surface area (Å²) < 4.78 is 21.4. The van der Waals surface area contributed by atoms with Crippen molar-refractivity contribution in [2.24, 2.45) is 0 Å². The topological polar surface area (TPSA) is 36.9 Å². The van der Waals surface area contributed by atoms with Gasteiger partial charge in [0, 0.05) is 11.6 Å². The lowest BCUT2D eigenvalue weighted by atomic mass is 9.99. The van der Waals surface area contributed by atoms with Crippen molar-refractivity contribution >= 4 is 0 Å². The summed E-state index contributed by atoms with van der Waals surface area (Å²) in [4.78, 5) is 0. The maximum absolute atomic E-state index is 5.41. The number of rotatable bonds is 5. The van der Waals surface area contributed by atoms with Crippen molar-refractivity contribution in [2.45, 2.75) is 19.8 Å². The van der Waals surface area contributed by atoms with Crippen LogP contribution in [0.1, 0.15) is 25.3 Å². The van der Waals surface area contributed by atoms with Crippen LogP contribution in [-0.2, 0) is 0 Å². The molecule has 0 unspecified atom stereocenters. The van der Waals surface area contributed by atoms with Gasteiger partial charge in [0.1, 0.15) is 0 Å². The van der Waals surface area contributed by atoms with Crippen molar-refractivity contribution in [1.82, 2.24) is 0 Å². The SMILES string of the molecule is COc1cc(OC)c(OC)c(C(C)C)c1OC. The summed E-state index contributed by atoms with van der Waals surface area (Å²) in [5.41, 5.74) is 0.950. The molecule has 0 bridgehead atoms. The molecule has 0 atom stereocenters. The van der Waals surface area contributed by atoms with E-state index in [1.807, 2.05) is 0 Å². The van der Waals surface area contributed by atoms with Gasteiger partial charge in [-0.25, -0.2) is 0 Å². The lowest BCUT2D eigenvalue weighted by molar-refractivity contribution is 0.321. The Bertz CT molecular complexity index is 355. The van der Waals surface area contributed by atoms with E-state index < -0.39 is 0 Å². The van der Waals surface area contributed by atoms with Gasteiger partial charge in [0.2, 0.25) is 0 Å². The fraction of sp³-hybridized carbons (Fsp3) is 0.538. The molecule has 17 heavy (non-hydrogen) atoms. The van der Waals surface area contributed by atoms with Gasteiger partial charge in [-0.2, -0.15) is 0 Å². The minimum absolute atomic E-state index is 0.240. The predicted octanol–water partition coefficient (Wildman–Crippen LogP) is 2.84. The Morgan fingerprint density at radius 3 is 1.41 bits per heavy atom. The zero-order valence-corrected chi connectivity index (χ0v) is 11.3. The molecule has 96 valence electrons. The van der Waals surface area contributed by atoms with Crippen LogP contribution in [0.15, 0.2) is 6.07 Å². The van der Waals surface area contributed by atoms with E-state index in [2.05, 4.69) is 13.8 Å². The van der Waals surface area contributed by atoms with Gasteiger partial charge in [0.25, 0.3) is 0 Å². The quantitative estimate of drug-likeness (QED) is 0.793. The van der Waals surface area contributed by atoms with E-state index in [9.17, 15) is 0 Å². The lowest BCUT2D eigenvalue weighted by Crippen LogP contribution is -2.03. The fourth-order valence-corrected chi connectivity index (χ4v) is 1.87. The zero-order valence-electron chi connectivity index (χ0n) is 11.3. The Labute approximate surface area is 102 Å². The summed E-state index contributed by atoms with van der Waals surface area (Å²) in [6.07, 6.45) is 0. The maximum atomic E-state index is 5.41. The molecule has 0 amide bonds. The maximum Gasteiger partial charge on any atom is 0.168 e. The standard InChI is InChI=1S/C13H20O4/c1-8(2)11-12(16-5)9(14-3)7-10(15-4)13(11)17-6/h7-8H,1-6H3. The molecule has 0 fully saturated rings. The largest absolute Gasteiger partial charge is 0.493 e. The van der Waals surface area contributed by atoms with Crippen molar-refractivity contribution in [3.8, 4) is 23.0 Å². The molecule has 1 aromatic carbocycles. The molecule has 0 spiro atoms. The monoisotopic (exact) mass is 240 g/mol. The molecule has 1 aromatic rings. The second-order valence-corrected chi connectivity index (χ2v) is 3.92. The smallest absolute Gasteiger partial charge is 0.168 e. The summed E-state index contributed by atoms with van der Waals surface area (Å²) in [7, 11) is 6.45. The number of hydrogen-bond donors (Lipinski definition) is 0. The first-order valence-electron chi connectivity index (χ1n) is 5.47. The first-order chi connectivity index (χ1) is 8.10. The third kappa shape index (κ3) is 2.40. The van der Waals surface area contributed by atoms with Crippen LogP contribution in [0.2, 0.25) is 0 Å². The number of ether oxygens (including phenoxy) is 4. The second kappa shape index (κ2) is 5.66. The Balaban J connectivity index is 3.57. The van der Waals surface area contributed by atoms with Gasteiger partial charge in [-0.15, -0.1) is 0 Å². The Morgan fingerprint density at radius 2 is 1.18 bits per heavy atom. The van der Waals surface area contributed by atoms with Crippen LogP contribution in [0.3, 0.4) is 0 Å². The van der Waals surface area contributed by atoms with Gasteiger partial charge < -0.3 is 18.9 Å². The summed E-state index contributed by atoms with van der Waals surface area (Å²) in [5.74, 6) is 2.92. The highest BCUT2D eigenvalue weighted by molar-refractivity contribution is 5.62. The Kier molecular flexibility index (Phi) is 4.49. The number of hydrogen-bond acceptors (Lipinski definition) is 4. The molecule has 0 aliphatic carbocycles. The third-order valence-electron chi connectivity index (χ3n) is 2.62. The van der Waals surface area contributed by atoms with E-state index in [1.54, 1.807) is 34.5 Å². The van der Waals surface area contributed by atoms with Crippen LogP contribution in [0.4, 0.5) is 0 Å². The highest BCUT2D eigenvalue weighted by Gasteiger charge is 2.23. The molecular weight excluding hydrogens is 220 g/mol. The summed E-state index contributed by atoms with van der Waals surface area (Å²) in [5, 5.41) is 0. The van der Waals surface area contributed by atoms with Crippen LogP contribution in [0.5, 0.6) is 23.0 Å². The lowest BCUT2D eigenvalue weighted by Gasteiger charge is -2.20. The van der Waals surface area contributed by atoms with Gasteiger partial charge in [0.15, 0.2) is 23.0 Å². The summed E-state index contributed by atoms with van der Waals surface area (Å²) in [6, 6.07) is 1.77. The van der Waals surface area contributed by atoms with Crippen LogP contribution < -0.4 is 18.9 Å². The average molecular weight is 240 g/mol. The normalized spacial score (nSPS) is 10.3. The Hall–Kier alpha value is -1.58. The Morgan fingerprint density at radius 1 is 0.765 bits per heavy atom. The van der Waals surface area contributed by atoms with E-state index in [4.69, 9.17) is 18.9 Å². The molecule has 0 N–H and O–H groups in total. The van der Waals surface area contributed by atoms with Crippen LogP contribution in [0, 0.1) is 0 Å². The minimum Gasteiger partial charge on any atom is -0.493 e. The zero-order chi connectivity index (χ0) is 13.0. The van der Waals surface area contributed by atoms with Crippen molar-refractivity contribution in [1.29, 1.82) is 0 Å². The fourth-order valence-electron chi connectivity index (χ4n) is 1.87. The third-order valence-corrected chi connectivity index (χ3v) is 2.62. The van der Waals surface area contributed by atoms with Crippen LogP contribution in [-0.4, -0.2) is 28.4 Å². The number of benzene rings is 1. The minimum atomic E-state index is 0.240. The highest BCUT2D eigenvalue weighted by atomic mass is 16.5. The molecule has 0 aromatic heterocycles. The summed E-state index contributed by atoms with van der Waals surface area (Å²) in [6.45, 7) is 4.14. The average Bonchev–Trinajstić information content (AvgIpc) is 2.35. The molecule has 0 heterocycles. The molecular formula is C13H20O4. The van der Waals surface area contributed by atoms with E-state index >= 15 is 0 Å². The first-order valence-corrected chi connectivity index (χ1v) is 5.47. The molecule has 4 nitrogen and oxygen atoms in total. The van der Waals surface area contributed by atoms with E-state index in [1.165, 1.54) is 0 Å². The van der Waals surface area contributed by atoms with Crippen molar-refractivity contribution < 1.29 is 18.9 Å². The van der Waals surface area contributed by atoms with Crippen LogP contribution >= 0.6 is 0 Å². The second-order valence-electron chi connectivity index (χ2n) is 3.92. The molecule has 0 aliphatic heterocycles. The van der Waals surface area contributed by atoms with E-state index in [0.29, 0.717) is 23.0 Å². The van der Waals surface area contributed by atoms with Gasteiger partial charge >= 0.3 is 0 Å². The first kappa shape index (κ1) is 13.5. The van der Waals surface area contributed by atoms with Crippen LogP contribution in [0.25, 0.3) is 0 Å². The molecule has 0 saturated carbocycles. The van der Waals surface area contributed by atoms with Gasteiger partial charge in [-0.3, -0.25) is 0 Å². The van der Waals surface area contributed by atoms with Gasteiger partial charge in [-0.05, 0) is 5.92 Å². The number of methoxy groups -OCH3 is 4.